The van der Waals surface area contributed by atoms with Crippen LogP contribution in [0.25, 0.3) is 0 Å². The zero-order valence-electron chi connectivity index (χ0n) is 23.0. The maximum atomic E-state index is 11.7. The normalized spacial score (nSPS) is 44.7. The molecule has 15 atom stereocenters. The summed E-state index contributed by atoms with van der Waals surface area (Å²) in [4.78, 5) is 0. The second-order valence-corrected chi connectivity index (χ2v) is 11.3. The number of nitrogens with one attached hydrogen (secondary N) is 2. The molecule has 242 valence electrons. The van der Waals surface area contributed by atoms with E-state index in [1.807, 2.05) is 0 Å². The molecule has 0 amide bonds. The van der Waals surface area contributed by atoms with Crippen molar-refractivity contribution in [2.24, 2.45) is 28.9 Å². The van der Waals surface area contributed by atoms with E-state index >= 15 is 0 Å². The van der Waals surface area contributed by atoms with E-state index in [0.29, 0.717) is 13.0 Å². The number of ether oxygens (including phenoxy) is 3. The average molecular weight is 599 g/mol. The van der Waals surface area contributed by atoms with Crippen LogP contribution in [0.3, 0.4) is 0 Å². The van der Waals surface area contributed by atoms with Crippen molar-refractivity contribution in [1.82, 2.24) is 10.6 Å². The van der Waals surface area contributed by atoms with E-state index in [9.17, 15) is 40.9 Å². The van der Waals surface area contributed by atoms with Gasteiger partial charge in [-0.05, 0) is 19.4 Å². The minimum Gasteiger partial charge on any atom is -0.395 e. The van der Waals surface area contributed by atoms with Crippen molar-refractivity contribution in [3.8, 4) is 0 Å². The Morgan fingerprint density at radius 1 is 0.927 bits per heavy atom. The fourth-order valence-corrected chi connectivity index (χ4v) is 5.84. The molecule has 15 unspecified atom stereocenters. The van der Waals surface area contributed by atoms with Gasteiger partial charge in [-0.2, -0.15) is 0 Å². The summed E-state index contributed by atoms with van der Waals surface area (Å²) in [5.74, 6) is -0.942. The van der Waals surface area contributed by atoms with Gasteiger partial charge in [0.15, 0.2) is 6.29 Å². The highest BCUT2D eigenvalue weighted by molar-refractivity contribution is 5.08. The van der Waals surface area contributed by atoms with Crippen LogP contribution in [-0.4, -0.2) is 172 Å². The number of aliphatic hydroxyl groups excluding tert-OH is 8. The van der Waals surface area contributed by atoms with Crippen molar-refractivity contribution in [2.45, 2.75) is 104 Å². The summed E-state index contributed by atoms with van der Waals surface area (Å²) in [6.07, 6.45) is -11.6. The highest BCUT2D eigenvalue weighted by atomic mass is 16.7. The average Bonchev–Trinajstić information content (AvgIpc) is 2.94. The zero-order chi connectivity index (χ0) is 30.4. The molecule has 0 aromatic rings. The Kier molecular flexibility index (Phi) is 13.5. The molecule has 0 spiro atoms. The number of rotatable bonds is 13. The molecule has 1 aliphatic carbocycles. The molecule has 3 fully saturated rings. The van der Waals surface area contributed by atoms with Crippen LogP contribution in [-0.2, 0) is 14.2 Å². The van der Waals surface area contributed by atoms with Gasteiger partial charge in [0.2, 0.25) is 0 Å². The molecule has 2 heterocycles. The van der Waals surface area contributed by atoms with Gasteiger partial charge in [0.25, 0.3) is 0 Å². The first kappa shape index (κ1) is 34.8. The van der Waals surface area contributed by atoms with E-state index in [2.05, 4.69) is 10.6 Å². The van der Waals surface area contributed by atoms with Gasteiger partial charge in [-0.3, -0.25) is 0 Å². The third-order valence-corrected chi connectivity index (χ3v) is 8.32. The Bertz CT molecular complexity index is 776. The summed E-state index contributed by atoms with van der Waals surface area (Å²) in [5, 5.41) is 88.7. The van der Waals surface area contributed by atoms with E-state index in [1.165, 1.54) is 0 Å². The highest BCUT2D eigenvalue weighted by Gasteiger charge is 2.54. The Morgan fingerprint density at radius 2 is 1.61 bits per heavy atom. The lowest BCUT2D eigenvalue weighted by atomic mass is 9.71. The second kappa shape index (κ2) is 15.9. The first-order chi connectivity index (χ1) is 19.4. The molecule has 3 aliphatic rings. The SMILES string of the molecule is NCCC(O)CNCC1OC(C2C(N)CC(NC(CO)CO)C(OC3OCC(O)C(N)C3O)C2O)C(N)C(O)C1O. The predicted octanol–water partition coefficient (Wildman–Crippen LogP) is -8.09. The topological polar surface area (TPSA) is 318 Å². The second-order valence-electron chi connectivity index (χ2n) is 11.3. The summed E-state index contributed by atoms with van der Waals surface area (Å²) in [7, 11) is 0. The molecule has 0 radical (unpaired) electrons. The quantitative estimate of drug-likeness (QED) is 0.0935. The van der Waals surface area contributed by atoms with Crippen molar-refractivity contribution in [1.29, 1.82) is 0 Å². The largest absolute Gasteiger partial charge is 0.395 e. The molecule has 41 heavy (non-hydrogen) atoms. The van der Waals surface area contributed by atoms with Gasteiger partial charge < -0.3 is 88.6 Å². The summed E-state index contributed by atoms with van der Waals surface area (Å²) in [6, 6.07) is -4.55. The number of aliphatic hydroxyl groups is 8. The van der Waals surface area contributed by atoms with Crippen molar-refractivity contribution in [2.75, 3.05) is 39.5 Å². The number of hydrogen-bond donors (Lipinski definition) is 14. The highest BCUT2D eigenvalue weighted by Crippen LogP contribution is 2.36. The summed E-state index contributed by atoms with van der Waals surface area (Å²) < 4.78 is 17.6. The van der Waals surface area contributed by atoms with E-state index in [1.54, 1.807) is 0 Å². The van der Waals surface area contributed by atoms with Crippen molar-refractivity contribution in [3.05, 3.63) is 0 Å². The maximum Gasteiger partial charge on any atom is 0.185 e. The first-order valence-electron chi connectivity index (χ1n) is 14.1. The third-order valence-electron chi connectivity index (χ3n) is 8.32. The first-order valence-corrected chi connectivity index (χ1v) is 14.1. The zero-order valence-corrected chi connectivity index (χ0v) is 23.0. The molecule has 3 rings (SSSR count). The smallest absolute Gasteiger partial charge is 0.185 e. The van der Waals surface area contributed by atoms with Gasteiger partial charge in [0.1, 0.15) is 24.4 Å². The van der Waals surface area contributed by atoms with Crippen LogP contribution >= 0.6 is 0 Å². The van der Waals surface area contributed by atoms with Crippen molar-refractivity contribution >= 4 is 0 Å². The van der Waals surface area contributed by atoms with E-state index < -0.39 is 111 Å². The maximum absolute atomic E-state index is 11.7. The summed E-state index contributed by atoms with van der Waals surface area (Å²) >= 11 is 0. The standard InChI is InChI=1S/C24H50N6O11/c25-2-1-10(33)4-29-5-14-18(35)20(37)17(28)23(40-14)15-11(26)3-12(30-9(6-31)7-32)22(19(15)36)41-24-21(38)16(27)13(34)8-39-24/h9-24,29-38H,1-8,25-28H2. The van der Waals surface area contributed by atoms with Crippen LogP contribution in [0.15, 0.2) is 0 Å². The lowest BCUT2D eigenvalue weighted by molar-refractivity contribution is -0.286. The van der Waals surface area contributed by atoms with Gasteiger partial charge in [0, 0.05) is 31.1 Å². The molecular weight excluding hydrogens is 548 g/mol. The van der Waals surface area contributed by atoms with Gasteiger partial charge in [-0.1, -0.05) is 0 Å². The van der Waals surface area contributed by atoms with Crippen molar-refractivity contribution < 1.29 is 55.1 Å². The predicted molar refractivity (Wildman–Crippen MR) is 143 cm³/mol. The Morgan fingerprint density at radius 3 is 2.24 bits per heavy atom. The van der Waals surface area contributed by atoms with Crippen LogP contribution in [0.4, 0.5) is 0 Å². The van der Waals surface area contributed by atoms with Gasteiger partial charge in [-0.25, -0.2) is 0 Å². The Balaban J connectivity index is 1.81. The molecule has 0 aromatic heterocycles. The minimum absolute atomic E-state index is 0.0439. The molecule has 1 saturated carbocycles. The Labute approximate surface area is 238 Å². The molecule has 0 bridgehead atoms. The molecule has 2 aliphatic heterocycles. The fraction of sp³-hybridized carbons (Fsp3) is 1.00. The Hall–Kier alpha value is -0.680. The summed E-state index contributed by atoms with van der Waals surface area (Å²) in [5.41, 5.74) is 24.1. The number of nitrogens with two attached hydrogens (primary N) is 4. The van der Waals surface area contributed by atoms with Gasteiger partial charge in [0.05, 0.1) is 68.5 Å². The number of hydrogen-bond acceptors (Lipinski definition) is 17. The monoisotopic (exact) mass is 598 g/mol. The lowest BCUT2D eigenvalue weighted by Crippen LogP contribution is -2.72. The molecule has 18 N–H and O–H groups in total. The molecular formula is C24H50N6O11. The van der Waals surface area contributed by atoms with E-state index in [-0.39, 0.29) is 26.1 Å². The van der Waals surface area contributed by atoms with Crippen LogP contribution in [0.2, 0.25) is 0 Å². The van der Waals surface area contributed by atoms with Crippen LogP contribution in [0, 0.1) is 5.92 Å². The fourth-order valence-electron chi connectivity index (χ4n) is 5.84. The van der Waals surface area contributed by atoms with Gasteiger partial charge >= 0.3 is 0 Å². The molecule has 0 aromatic carbocycles. The minimum atomic E-state index is -1.44. The van der Waals surface area contributed by atoms with Crippen LogP contribution < -0.4 is 33.6 Å². The summed E-state index contributed by atoms with van der Waals surface area (Å²) in [6.45, 7) is -0.569. The van der Waals surface area contributed by atoms with Crippen LogP contribution in [0.1, 0.15) is 12.8 Å². The van der Waals surface area contributed by atoms with E-state index in [4.69, 9.17) is 37.1 Å². The third kappa shape index (κ3) is 8.28. The van der Waals surface area contributed by atoms with E-state index in [0.717, 1.165) is 0 Å². The molecule has 17 heteroatoms. The molecule has 17 nitrogen and oxygen atoms in total. The molecule has 2 saturated heterocycles. The van der Waals surface area contributed by atoms with Crippen molar-refractivity contribution in [3.63, 3.8) is 0 Å². The van der Waals surface area contributed by atoms with Crippen LogP contribution in [0.5, 0.6) is 0 Å². The van der Waals surface area contributed by atoms with Gasteiger partial charge in [-0.15, -0.1) is 0 Å². The lowest BCUT2D eigenvalue weighted by Gasteiger charge is -2.52.